The molecule has 1 amide bonds. The number of ether oxygens (including phenoxy) is 1. The van der Waals surface area contributed by atoms with E-state index in [0.717, 1.165) is 16.6 Å². The monoisotopic (exact) mass is 549 g/mol. The fraction of sp³-hybridized carbons (Fsp3) is 0.138. The molecule has 0 atom stereocenters. The molecule has 0 aliphatic heterocycles. The van der Waals surface area contributed by atoms with Crippen molar-refractivity contribution < 1.29 is 14.6 Å². The third kappa shape index (κ3) is 4.66. The number of hydrogen-bond acceptors (Lipinski definition) is 9. The number of nitrogen functional groups attached to an aromatic ring is 1. The summed E-state index contributed by atoms with van der Waals surface area (Å²) in [5, 5.41) is 21.6. The lowest BCUT2D eigenvalue weighted by Crippen LogP contribution is -2.16. The molecule has 0 unspecified atom stereocenters. The lowest BCUT2D eigenvalue weighted by Gasteiger charge is -2.12. The fourth-order valence-corrected chi connectivity index (χ4v) is 4.82. The van der Waals surface area contributed by atoms with Gasteiger partial charge in [-0.25, -0.2) is 15.0 Å². The Labute approximate surface area is 234 Å². The second-order valence-electron chi connectivity index (χ2n) is 9.29. The van der Waals surface area contributed by atoms with Gasteiger partial charge < -0.3 is 30.8 Å². The summed E-state index contributed by atoms with van der Waals surface area (Å²) in [6.07, 6.45) is 3.02. The van der Waals surface area contributed by atoms with Gasteiger partial charge in [-0.05, 0) is 30.3 Å². The van der Waals surface area contributed by atoms with Crippen LogP contribution in [0.15, 0.2) is 73.2 Å². The van der Waals surface area contributed by atoms with Gasteiger partial charge in [-0.15, -0.1) is 0 Å². The minimum Gasteiger partial charge on any atom is -0.495 e. The third-order valence-corrected chi connectivity index (χ3v) is 6.80. The molecule has 4 heterocycles. The minimum absolute atomic E-state index is 0.00348. The van der Waals surface area contributed by atoms with Gasteiger partial charge in [0.15, 0.2) is 11.5 Å². The zero-order chi connectivity index (χ0) is 28.5. The maximum absolute atomic E-state index is 13.2. The van der Waals surface area contributed by atoms with Crippen molar-refractivity contribution in [3.63, 3.8) is 0 Å². The zero-order valence-corrected chi connectivity index (χ0v) is 22.4. The first-order chi connectivity index (χ1) is 20.0. The van der Waals surface area contributed by atoms with Crippen molar-refractivity contribution in [1.82, 2.24) is 29.3 Å². The van der Waals surface area contributed by atoms with E-state index in [-0.39, 0.29) is 18.3 Å². The van der Waals surface area contributed by atoms with Gasteiger partial charge in [-0.3, -0.25) is 4.79 Å². The third-order valence-electron chi connectivity index (χ3n) is 6.80. The van der Waals surface area contributed by atoms with Gasteiger partial charge in [-0.2, -0.15) is 9.78 Å². The topological polar surface area (TPSA) is 158 Å². The number of hydrogen-bond donors (Lipinski definition) is 4. The highest BCUT2D eigenvalue weighted by Crippen LogP contribution is 2.36. The number of nitrogens with one attached hydrogen (secondary N) is 2. The van der Waals surface area contributed by atoms with E-state index in [1.54, 1.807) is 35.1 Å². The number of carbonyl (C=O) groups is 1. The van der Waals surface area contributed by atoms with Gasteiger partial charge in [0.2, 0.25) is 0 Å². The Morgan fingerprint density at radius 2 is 1.93 bits per heavy atom. The number of aliphatic hydroxyl groups is 1. The number of fused-ring (bicyclic) bond motifs is 2. The number of aromatic nitrogens is 6. The number of aryl methyl sites for hydroxylation is 1. The first kappa shape index (κ1) is 25.8. The Morgan fingerprint density at radius 3 is 2.73 bits per heavy atom. The summed E-state index contributed by atoms with van der Waals surface area (Å²) in [6.45, 7) is 0.392. The van der Waals surface area contributed by atoms with Crippen molar-refractivity contribution in [2.45, 2.75) is 0 Å². The molecular weight excluding hydrogens is 522 g/mol. The SMILES string of the molecule is COc1cc(-c2nn(-c3cc(NCCO)ccn3)c3ncnc(N)c23)ccc1NC(=O)c1cc2ccccc2n1C. The van der Waals surface area contributed by atoms with Crippen LogP contribution < -0.4 is 21.1 Å². The molecule has 0 aliphatic rings. The summed E-state index contributed by atoms with van der Waals surface area (Å²) in [5.74, 6) is 0.954. The van der Waals surface area contributed by atoms with Crippen molar-refractivity contribution >= 4 is 45.0 Å². The molecule has 206 valence electrons. The minimum atomic E-state index is -0.261. The van der Waals surface area contributed by atoms with E-state index >= 15 is 0 Å². The zero-order valence-electron chi connectivity index (χ0n) is 22.4. The van der Waals surface area contributed by atoms with Gasteiger partial charge >= 0.3 is 0 Å². The van der Waals surface area contributed by atoms with Crippen LogP contribution in [0.1, 0.15) is 10.5 Å². The molecule has 6 rings (SSSR count). The molecule has 0 aliphatic carbocycles. The Kier molecular flexibility index (Phi) is 6.65. The summed E-state index contributed by atoms with van der Waals surface area (Å²) in [5.41, 5.74) is 10.8. The summed E-state index contributed by atoms with van der Waals surface area (Å²) in [6, 6.07) is 18.6. The summed E-state index contributed by atoms with van der Waals surface area (Å²) < 4.78 is 9.11. The van der Waals surface area contributed by atoms with Crippen LogP contribution in [0.3, 0.4) is 0 Å². The van der Waals surface area contributed by atoms with Crippen molar-refractivity contribution in [3.8, 4) is 22.8 Å². The summed E-state index contributed by atoms with van der Waals surface area (Å²) in [4.78, 5) is 26.3. The molecule has 12 nitrogen and oxygen atoms in total. The number of aliphatic hydroxyl groups excluding tert-OH is 1. The lowest BCUT2D eigenvalue weighted by atomic mass is 10.1. The molecular formula is C29H27N9O3. The van der Waals surface area contributed by atoms with Gasteiger partial charge in [0, 0.05) is 48.0 Å². The highest BCUT2D eigenvalue weighted by molar-refractivity contribution is 6.07. The van der Waals surface area contributed by atoms with Gasteiger partial charge in [-0.1, -0.05) is 24.3 Å². The Balaban J connectivity index is 1.38. The second kappa shape index (κ2) is 10.6. The molecule has 41 heavy (non-hydrogen) atoms. The molecule has 2 aromatic carbocycles. The van der Waals surface area contributed by atoms with Crippen LogP contribution in [-0.2, 0) is 7.05 Å². The van der Waals surface area contributed by atoms with Crippen LogP contribution in [-0.4, -0.2) is 60.6 Å². The molecule has 0 saturated heterocycles. The van der Waals surface area contributed by atoms with E-state index in [1.165, 1.54) is 13.4 Å². The number of carbonyl (C=O) groups excluding carboxylic acids is 1. The highest BCUT2D eigenvalue weighted by atomic mass is 16.5. The van der Waals surface area contributed by atoms with Gasteiger partial charge in [0.25, 0.3) is 5.91 Å². The number of nitrogens with two attached hydrogens (primary N) is 1. The molecule has 0 radical (unpaired) electrons. The van der Waals surface area contributed by atoms with E-state index in [9.17, 15) is 4.79 Å². The Bertz CT molecular complexity index is 1910. The first-order valence-corrected chi connectivity index (χ1v) is 12.8. The predicted octanol–water partition coefficient (Wildman–Crippen LogP) is 3.62. The van der Waals surface area contributed by atoms with Crippen LogP contribution in [0.25, 0.3) is 39.0 Å². The van der Waals surface area contributed by atoms with E-state index in [0.29, 0.717) is 51.8 Å². The number of rotatable bonds is 8. The second-order valence-corrected chi connectivity index (χ2v) is 9.29. The largest absolute Gasteiger partial charge is 0.495 e. The van der Waals surface area contributed by atoms with Gasteiger partial charge in [0.1, 0.15) is 29.3 Å². The van der Waals surface area contributed by atoms with Gasteiger partial charge in [0.05, 0.1) is 24.8 Å². The number of benzene rings is 2. The van der Waals surface area contributed by atoms with E-state index in [2.05, 4.69) is 25.6 Å². The quantitative estimate of drug-likeness (QED) is 0.222. The van der Waals surface area contributed by atoms with E-state index in [4.69, 9.17) is 20.7 Å². The Hall–Kier alpha value is -5.49. The number of methoxy groups -OCH3 is 1. The molecule has 0 bridgehead atoms. The number of amides is 1. The standard InChI is InChI=1S/C29H27N9O3/c1-37-21-6-4-3-5-17(21)13-22(37)29(40)35-20-8-7-18(14-23(20)41-2)26-25-27(30)33-16-34-28(25)38(36-26)24-15-19(9-10-32-24)31-11-12-39/h3-10,13-16,39H,11-12H2,1-2H3,(H,31,32)(H,35,40)(H2,30,33,34). The fourth-order valence-electron chi connectivity index (χ4n) is 4.82. The number of para-hydroxylation sites is 1. The lowest BCUT2D eigenvalue weighted by molar-refractivity contribution is 0.101. The van der Waals surface area contributed by atoms with Crippen molar-refractivity contribution in [2.75, 3.05) is 36.6 Å². The van der Waals surface area contributed by atoms with E-state index < -0.39 is 0 Å². The maximum Gasteiger partial charge on any atom is 0.272 e. The highest BCUT2D eigenvalue weighted by Gasteiger charge is 2.21. The number of nitrogens with zero attached hydrogens (tertiary/aromatic N) is 6. The normalized spacial score (nSPS) is 11.2. The molecule has 0 spiro atoms. The molecule has 12 heteroatoms. The maximum atomic E-state index is 13.2. The smallest absolute Gasteiger partial charge is 0.272 e. The number of anilines is 3. The van der Waals surface area contributed by atoms with Crippen molar-refractivity contribution in [1.29, 1.82) is 0 Å². The molecule has 6 aromatic rings. The molecule has 5 N–H and O–H groups in total. The average molecular weight is 550 g/mol. The molecule has 0 fully saturated rings. The van der Waals surface area contributed by atoms with Crippen molar-refractivity contribution in [3.05, 3.63) is 78.9 Å². The number of pyridine rings is 1. The predicted molar refractivity (Wildman–Crippen MR) is 157 cm³/mol. The van der Waals surface area contributed by atoms with Crippen molar-refractivity contribution in [2.24, 2.45) is 7.05 Å². The summed E-state index contributed by atoms with van der Waals surface area (Å²) in [7, 11) is 3.40. The van der Waals surface area contributed by atoms with Crippen LogP contribution >= 0.6 is 0 Å². The molecule has 0 saturated carbocycles. The van der Waals surface area contributed by atoms with Crippen LogP contribution in [0.2, 0.25) is 0 Å². The van der Waals surface area contributed by atoms with Crippen LogP contribution in [0.4, 0.5) is 17.2 Å². The van der Waals surface area contributed by atoms with E-state index in [1.807, 2.05) is 48.0 Å². The van der Waals surface area contributed by atoms with Crippen LogP contribution in [0, 0.1) is 0 Å². The van der Waals surface area contributed by atoms with Crippen LogP contribution in [0.5, 0.6) is 5.75 Å². The summed E-state index contributed by atoms with van der Waals surface area (Å²) >= 11 is 0. The average Bonchev–Trinajstić information content (AvgIpc) is 3.56. The first-order valence-electron chi connectivity index (χ1n) is 12.8. The molecule has 4 aromatic heterocycles. The Morgan fingerprint density at radius 1 is 1.07 bits per heavy atom.